The van der Waals surface area contributed by atoms with Crippen molar-refractivity contribution < 1.29 is 13.2 Å². The Labute approximate surface area is 161 Å². The molecule has 0 bridgehead atoms. The molecule has 3 rings (SSSR count). The first kappa shape index (κ1) is 19.6. The molecule has 1 aromatic heterocycles. The van der Waals surface area contributed by atoms with Crippen LogP contribution in [-0.2, 0) is 16.4 Å². The van der Waals surface area contributed by atoms with Gasteiger partial charge in [-0.3, -0.25) is 4.79 Å². The van der Waals surface area contributed by atoms with Crippen LogP contribution in [0.1, 0.15) is 46.6 Å². The molecule has 1 saturated heterocycles. The van der Waals surface area contributed by atoms with E-state index in [1.807, 2.05) is 30.3 Å². The van der Waals surface area contributed by atoms with Crippen LogP contribution in [-0.4, -0.2) is 43.8 Å². The molecule has 0 unspecified atom stereocenters. The minimum atomic E-state index is -3.76. The van der Waals surface area contributed by atoms with Gasteiger partial charge in [0.05, 0.1) is 5.56 Å². The number of H-pyrrole nitrogens is 1. The van der Waals surface area contributed by atoms with Gasteiger partial charge in [0.15, 0.2) is 0 Å². The van der Waals surface area contributed by atoms with Crippen molar-refractivity contribution >= 4 is 15.9 Å². The average molecular weight is 390 g/mol. The van der Waals surface area contributed by atoms with Crippen LogP contribution in [0.3, 0.4) is 0 Å². The summed E-state index contributed by atoms with van der Waals surface area (Å²) in [4.78, 5) is 17.7. The maximum absolute atomic E-state index is 12.9. The van der Waals surface area contributed by atoms with E-state index in [9.17, 15) is 13.2 Å². The van der Waals surface area contributed by atoms with Crippen molar-refractivity contribution in [3.05, 3.63) is 52.8 Å². The third-order valence-corrected chi connectivity index (χ3v) is 6.60. The number of carbonyl (C=O) groups excluding carboxylic acids is 1. The summed E-state index contributed by atoms with van der Waals surface area (Å²) in [5, 5.41) is 0. The van der Waals surface area contributed by atoms with Crippen LogP contribution in [0.5, 0.6) is 0 Å². The molecule has 0 atom stereocenters. The number of benzene rings is 1. The van der Waals surface area contributed by atoms with Gasteiger partial charge in [0.1, 0.15) is 4.90 Å². The number of nitrogens with one attached hydrogen (secondary N) is 2. The Morgan fingerprint density at radius 2 is 1.78 bits per heavy atom. The minimum Gasteiger partial charge on any atom is -0.361 e. The van der Waals surface area contributed by atoms with Gasteiger partial charge in [0, 0.05) is 31.0 Å². The van der Waals surface area contributed by atoms with E-state index in [0.717, 1.165) is 19.3 Å². The SMILES string of the molecule is Cc1[nH]c(C)c(S(=O)(=O)NCCCc2ccccc2)c1C(=O)N1CCCC1. The summed E-state index contributed by atoms with van der Waals surface area (Å²) < 4.78 is 28.5. The Morgan fingerprint density at radius 3 is 2.44 bits per heavy atom. The molecule has 1 aliphatic rings. The molecule has 1 aliphatic heterocycles. The van der Waals surface area contributed by atoms with Gasteiger partial charge < -0.3 is 9.88 Å². The molecule has 6 nitrogen and oxygen atoms in total. The van der Waals surface area contributed by atoms with E-state index in [0.29, 0.717) is 37.4 Å². The highest BCUT2D eigenvalue weighted by molar-refractivity contribution is 7.89. The van der Waals surface area contributed by atoms with Gasteiger partial charge in [0.25, 0.3) is 5.91 Å². The van der Waals surface area contributed by atoms with Crippen LogP contribution in [0.25, 0.3) is 0 Å². The Kier molecular flexibility index (Phi) is 6.01. The molecule has 2 aromatic rings. The number of sulfonamides is 1. The topological polar surface area (TPSA) is 82.3 Å². The average Bonchev–Trinajstić information content (AvgIpc) is 3.27. The predicted octanol–water partition coefficient (Wildman–Crippen LogP) is 2.78. The lowest BCUT2D eigenvalue weighted by molar-refractivity contribution is 0.0788. The van der Waals surface area contributed by atoms with Crippen molar-refractivity contribution in [1.29, 1.82) is 0 Å². The second-order valence-electron chi connectivity index (χ2n) is 7.07. The molecule has 0 spiro atoms. The maximum Gasteiger partial charge on any atom is 0.257 e. The van der Waals surface area contributed by atoms with Crippen LogP contribution in [0, 0.1) is 13.8 Å². The van der Waals surface area contributed by atoms with Crippen LogP contribution in [0.2, 0.25) is 0 Å². The first-order valence-electron chi connectivity index (χ1n) is 9.42. The summed E-state index contributed by atoms with van der Waals surface area (Å²) in [5.74, 6) is -0.195. The zero-order valence-corrected chi connectivity index (χ0v) is 16.7. The highest BCUT2D eigenvalue weighted by Gasteiger charge is 2.31. The van der Waals surface area contributed by atoms with Crippen molar-refractivity contribution in [3.8, 4) is 0 Å². The Morgan fingerprint density at radius 1 is 1.11 bits per heavy atom. The van der Waals surface area contributed by atoms with Crippen LogP contribution in [0.4, 0.5) is 0 Å². The van der Waals surface area contributed by atoms with E-state index in [-0.39, 0.29) is 16.4 Å². The smallest absolute Gasteiger partial charge is 0.257 e. The summed E-state index contributed by atoms with van der Waals surface area (Å²) in [7, 11) is -3.76. The lowest BCUT2D eigenvalue weighted by Crippen LogP contribution is -2.32. The van der Waals surface area contributed by atoms with Crippen molar-refractivity contribution in [1.82, 2.24) is 14.6 Å². The number of aryl methyl sites for hydroxylation is 3. The second kappa shape index (κ2) is 8.27. The third kappa shape index (κ3) is 4.42. The monoisotopic (exact) mass is 389 g/mol. The van der Waals surface area contributed by atoms with Gasteiger partial charge >= 0.3 is 0 Å². The summed E-state index contributed by atoms with van der Waals surface area (Å²) in [5.41, 5.74) is 2.57. The molecule has 0 radical (unpaired) electrons. The molecule has 1 fully saturated rings. The largest absolute Gasteiger partial charge is 0.361 e. The highest BCUT2D eigenvalue weighted by Crippen LogP contribution is 2.26. The lowest BCUT2D eigenvalue weighted by atomic mass is 10.1. The van der Waals surface area contributed by atoms with Crippen LogP contribution < -0.4 is 4.72 Å². The van der Waals surface area contributed by atoms with Crippen LogP contribution in [0.15, 0.2) is 35.2 Å². The molecule has 2 N–H and O–H groups in total. The number of aromatic amines is 1. The van der Waals surface area contributed by atoms with E-state index in [4.69, 9.17) is 0 Å². The molecule has 7 heteroatoms. The fourth-order valence-electron chi connectivity index (χ4n) is 3.65. The molecule has 0 aliphatic carbocycles. The Balaban J connectivity index is 1.73. The molecule has 146 valence electrons. The van der Waals surface area contributed by atoms with Gasteiger partial charge in [-0.1, -0.05) is 30.3 Å². The molecule has 1 aromatic carbocycles. The predicted molar refractivity (Wildman–Crippen MR) is 105 cm³/mol. The van der Waals surface area contributed by atoms with E-state index in [1.54, 1.807) is 18.7 Å². The van der Waals surface area contributed by atoms with Gasteiger partial charge in [0.2, 0.25) is 10.0 Å². The molecule has 1 amide bonds. The van der Waals surface area contributed by atoms with E-state index < -0.39 is 10.0 Å². The molecule has 0 saturated carbocycles. The standard InChI is InChI=1S/C20H27N3O3S/c1-15-18(20(24)23-13-6-7-14-23)19(16(2)22-15)27(25,26)21-12-8-11-17-9-4-3-5-10-17/h3-5,9-10,21-22H,6-8,11-14H2,1-2H3. The zero-order chi connectivity index (χ0) is 19.4. The number of hydrogen-bond acceptors (Lipinski definition) is 3. The highest BCUT2D eigenvalue weighted by atomic mass is 32.2. The molecule has 27 heavy (non-hydrogen) atoms. The Bertz CT molecular complexity index is 898. The number of rotatable bonds is 7. The summed E-state index contributed by atoms with van der Waals surface area (Å²) in [6.07, 6.45) is 3.43. The fraction of sp³-hybridized carbons (Fsp3) is 0.450. The normalized spacial score (nSPS) is 14.7. The summed E-state index contributed by atoms with van der Waals surface area (Å²) >= 11 is 0. The fourth-order valence-corrected chi connectivity index (χ4v) is 5.17. The second-order valence-corrected chi connectivity index (χ2v) is 8.77. The molecular weight excluding hydrogens is 362 g/mol. The van der Waals surface area contributed by atoms with E-state index in [1.165, 1.54) is 5.56 Å². The maximum atomic E-state index is 12.9. The quantitative estimate of drug-likeness (QED) is 0.715. The van der Waals surface area contributed by atoms with Gasteiger partial charge in [-0.15, -0.1) is 0 Å². The van der Waals surface area contributed by atoms with Crippen molar-refractivity contribution in [2.45, 2.75) is 44.4 Å². The Hall–Kier alpha value is -2.12. The number of carbonyl (C=O) groups is 1. The van der Waals surface area contributed by atoms with E-state index >= 15 is 0 Å². The van der Waals surface area contributed by atoms with Gasteiger partial charge in [-0.2, -0.15) is 0 Å². The van der Waals surface area contributed by atoms with Gasteiger partial charge in [-0.25, -0.2) is 13.1 Å². The zero-order valence-electron chi connectivity index (χ0n) is 15.9. The van der Waals surface area contributed by atoms with Crippen molar-refractivity contribution in [2.75, 3.05) is 19.6 Å². The van der Waals surface area contributed by atoms with Gasteiger partial charge in [-0.05, 0) is 45.1 Å². The lowest BCUT2D eigenvalue weighted by Gasteiger charge is -2.17. The summed E-state index contributed by atoms with van der Waals surface area (Å²) in [6, 6.07) is 9.97. The number of aromatic nitrogens is 1. The van der Waals surface area contributed by atoms with E-state index in [2.05, 4.69) is 9.71 Å². The summed E-state index contributed by atoms with van der Waals surface area (Å²) in [6.45, 7) is 5.16. The number of likely N-dealkylation sites (tertiary alicyclic amines) is 1. The minimum absolute atomic E-state index is 0.0941. The number of nitrogens with zero attached hydrogens (tertiary/aromatic N) is 1. The number of amides is 1. The van der Waals surface area contributed by atoms with Crippen molar-refractivity contribution in [3.63, 3.8) is 0 Å². The first-order valence-corrected chi connectivity index (χ1v) is 10.9. The molecule has 2 heterocycles. The third-order valence-electron chi connectivity index (χ3n) is 4.97. The van der Waals surface area contributed by atoms with Crippen molar-refractivity contribution in [2.24, 2.45) is 0 Å². The van der Waals surface area contributed by atoms with Crippen LogP contribution >= 0.6 is 0 Å². The first-order chi connectivity index (χ1) is 12.9. The molecular formula is C20H27N3O3S. The number of hydrogen-bond donors (Lipinski definition) is 2.